The van der Waals surface area contributed by atoms with Gasteiger partial charge < -0.3 is 9.47 Å². The molecule has 128 valence electrons. The number of methoxy groups -OCH3 is 1. The predicted octanol–water partition coefficient (Wildman–Crippen LogP) is 4.40. The lowest BCUT2D eigenvalue weighted by molar-refractivity contribution is 0.264. The Hall–Kier alpha value is -2.18. The van der Waals surface area contributed by atoms with Crippen LogP contribution < -0.4 is 9.80 Å². The van der Waals surface area contributed by atoms with Crippen LogP contribution in [0.1, 0.15) is 23.6 Å². The number of aryl methyl sites for hydroxylation is 2. The number of halogens is 1. The standard InChI is InChI=1S/C18H20FNO3S/c1-4-13-5-8-17(12(2)9-13)23-11-14-6-7-15(19)10-16(14)20(21)18(24)22-3/h5-10,21H,4,11H2,1-3H3. The number of hydroxylamine groups is 1. The zero-order valence-electron chi connectivity index (χ0n) is 13.9. The normalized spacial score (nSPS) is 10.4. The molecule has 0 aliphatic rings. The first kappa shape index (κ1) is 18.2. The molecule has 0 amide bonds. The molecule has 0 radical (unpaired) electrons. The molecule has 4 nitrogen and oxygen atoms in total. The number of rotatable bonds is 5. The average molecular weight is 349 g/mol. The second kappa shape index (κ2) is 8.08. The summed E-state index contributed by atoms with van der Waals surface area (Å²) in [4.78, 5) is 0. The Kier molecular flexibility index (Phi) is 6.11. The van der Waals surface area contributed by atoms with E-state index >= 15 is 0 Å². The molecule has 2 rings (SSSR count). The van der Waals surface area contributed by atoms with Crippen molar-refractivity contribution in [3.63, 3.8) is 0 Å². The smallest absolute Gasteiger partial charge is 0.288 e. The number of anilines is 1. The van der Waals surface area contributed by atoms with Crippen molar-refractivity contribution in [3.05, 3.63) is 58.9 Å². The van der Waals surface area contributed by atoms with E-state index in [4.69, 9.17) is 21.7 Å². The molecule has 0 unspecified atom stereocenters. The molecule has 0 aliphatic heterocycles. The van der Waals surface area contributed by atoms with Crippen molar-refractivity contribution in [1.29, 1.82) is 0 Å². The Labute approximate surface area is 146 Å². The SMILES string of the molecule is CCc1ccc(OCc2ccc(F)cc2N(O)C(=S)OC)c(C)c1. The quantitative estimate of drug-likeness (QED) is 0.640. The minimum absolute atomic E-state index is 0.158. The molecule has 0 spiro atoms. The summed E-state index contributed by atoms with van der Waals surface area (Å²) in [6, 6.07) is 10.0. The number of benzene rings is 2. The summed E-state index contributed by atoms with van der Waals surface area (Å²) >= 11 is 4.88. The van der Waals surface area contributed by atoms with Gasteiger partial charge in [-0.25, -0.2) is 4.39 Å². The number of hydrogen-bond acceptors (Lipinski definition) is 4. The first-order valence-corrected chi connectivity index (χ1v) is 7.94. The van der Waals surface area contributed by atoms with E-state index in [2.05, 4.69) is 13.0 Å². The maximum Gasteiger partial charge on any atom is 0.288 e. The Morgan fingerprint density at radius 1 is 1.25 bits per heavy atom. The monoisotopic (exact) mass is 349 g/mol. The van der Waals surface area contributed by atoms with Crippen LogP contribution in [0.3, 0.4) is 0 Å². The van der Waals surface area contributed by atoms with Crippen molar-refractivity contribution in [2.24, 2.45) is 0 Å². The highest BCUT2D eigenvalue weighted by Crippen LogP contribution is 2.25. The minimum Gasteiger partial charge on any atom is -0.489 e. The predicted molar refractivity (Wildman–Crippen MR) is 95.2 cm³/mol. The van der Waals surface area contributed by atoms with E-state index in [9.17, 15) is 9.60 Å². The first-order valence-electron chi connectivity index (χ1n) is 7.54. The lowest BCUT2D eigenvalue weighted by atomic mass is 10.1. The fourth-order valence-electron chi connectivity index (χ4n) is 2.29. The Bertz CT molecular complexity index is 736. The van der Waals surface area contributed by atoms with Crippen LogP contribution in [-0.4, -0.2) is 17.5 Å². The van der Waals surface area contributed by atoms with E-state index < -0.39 is 5.82 Å². The molecular weight excluding hydrogens is 329 g/mol. The fraction of sp³-hybridized carbons (Fsp3) is 0.278. The van der Waals surface area contributed by atoms with Gasteiger partial charge in [-0.15, -0.1) is 0 Å². The van der Waals surface area contributed by atoms with E-state index in [0.717, 1.165) is 17.7 Å². The van der Waals surface area contributed by atoms with E-state index in [1.807, 2.05) is 19.1 Å². The topological polar surface area (TPSA) is 41.9 Å². The Morgan fingerprint density at radius 2 is 2.00 bits per heavy atom. The van der Waals surface area contributed by atoms with Crippen LogP contribution in [-0.2, 0) is 17.8 Å². The highest BCUT2D eigenvalue weighted by atomic mass is 32.1. The minimum atomic E-state index is -0.491. The number of ether oxygens (including phenoxy) is 2. The summed E-state index contributed by atoms with van der Waals surface area (Å²) in [6.07, 6.45) is 0.956. The Morgan fingerprint density at radius 3 is 2.62 bits per heavy atom. The molecule has 0 aromatic heterocycles. The van der Waals surface area contributed by atoms with Gasteiger partial charge in [0.05, 0.1) is 12.8 Å². The van der Waals surface area contributed by atoms with Crippen molar-refractivity contribution in [1.82, 2.24) is 0 Å². The Balaban J connectivity index is 2.22. The van der Waals surface area contributed by atoms with Crippen LogP contribution in [0, 0.1) is 12.7 Å². The van der Waals surface area contributed by atoms with Crippen LogP contribution in [0.15, 0.2) is 36.4 Å². The van der Waals surface area contributed by atoms with Crippen molar-refractivity contribution in [3.8, 4) is 5.75 Å². The van der Waals surface area contributed by atoms with E-state index in [-0.39, 0.29) is 17.5 Å². The van der Waals surface area contributed by atoms with E-state index in [0.29, 0.717) is 10.6 Å². The molecule has 24 heavy (non-hydrogen) atoms. The summed E-state index contributed by atoms with van der Waals surface area (Å²) in [7, 11) is 1.33. The van der Waals surface area contributed by atoms with Crippen LogP contribution in [0.4, 0.5) is 10.1 Å². The van der Waals surface area contributed by atoms with Crippen LogP contribution in [0.25, 0.3) is 0 Å². The molecule has 0 fully saturated rings. The maximum atomic E-state index is 13.5. The van der Waals surface area contributed by atoms with Gasteiger partial charge >= 0.3 is 0 Å². The summed E-state index contributed by atoms with van der Waals surface area (Å²) in [6.45, 7) is 4.22. The lowest BCUT2D eigenvalue weighted by Crippen LogP contribution is -2.27. The molecule has 6 heteroatoms. The summed E-state index contributed by atoms with van der Waals surface area (Å²) < 4.78 is 24.2. The number of hydrogen-bond donors (Lipinski definition) is 1. The van der Waals surface area contributed by atoms with Crippen molar-refractivity contribution in [2.75, 3.05) is 12.2 Å². The lowest BCUT2D eigenvalue weighted by Gasteiger charge is -2.20. The summed E-state index contributed by atoms with van der Waals surface area (Å²) in [5, 5.41) is 10.5. The van der Waals surface area contributed by atoms with Gasteiger partial charge in [-0.1, -0.05) is 25.1 Å². The third-order valence-corrected chi connectivity index (χ3v) is 3.99. The molecule has 0 saturated heterocycles. The van der Waals surface area contributed by atoms with Crippen molar-refractivity contribution in [2.45, 2.75) is 26.9 Å². The van der Waals surface area contributed by atoms with Crippen molar-refractivity contribution < 1.29 is 19.1 Å². The van der Waals surface area contributed by atoms with Crippen LogP contribution in [0.5, 0.6) is 5.75 Å². The van der Waals surface area contributed by atoms with E-state index in [1.165, 1.54) is 24.8 Å². The van der Waals surface area contributed by atoms with Crippen molar-refractivity contribution >= 4 is 23.1 Å². The van der Waals surface area contributed by atoms with Gasteiger partial charge in [-0.3, -0.25) is 5.21 Å². The van der Waals surface area contributed by atoms with Gasteiger partial charge in [-0.05, 0) is 48.8 Å². The molecule has 0 saturated carbocycles. The van der Waals surface area contributed by atoms with Gasteiger partial charge in [0.1, 0.15) is 18.2 Å². The highest BCUT2D eigenvalue weighted by molar-refractivity contribution is 7.80. The molecule has 2 aromatic rings. The van der Waals surface area contributed by atoms with E-state index in [1.54, 1.807) is 6.07 Å². The third kappa shape index (κ3) is 4.21. The fourth-order valence-corrected chi connectivity index (χ4v) is 2.39. The number of thiocarbonyl (C=S) groups is 1. The molecule has 1 N–H and O–H groups in total. The van der Waals surface area contributed by atoms with Gasteiger partial charge in [0.25, 0.3) is 5.17 Å². The van der Waals surface area contributed by atoms with Crippen LogP contribution >= 0.6 is 12.2 Å². The average Bonchev–Trinajstić information content (AvgIpc) is 2.59. The maximum absolute atomic E-state index is 13.5. The second-order valence-electron chi connectivity index (χ2n) is 5.30. The molecule has 0 aliphatic carbocycles. The molecule has 0 bridgehead atoms. The summed E-state index contributed by atoms with van der Waals surface area (Å²) in [5.74, 6) is 0.247. The zero-order chi connectivity index (χ0) is 17.7. The van der Waals surface area contributed by atoms with Gasteiger partial charge in [-0.2, -0.15) is 5.06 Å². The summed E-state index contributed by atoms with van der Waals surface area (Å²) in [5.41, 5.74) is 3.02. The molecule has 0 heterocycles. The van der Waals surface area contributed by atoms with Gasteiger partial charge in [0.15, 0.2) is 0 Å². The van der Waals surface area contributed by atoms with Gasteiger partial charge in [0, 0.05) is 11.6 Å². The largest absolute Gasteiger partial charge is 0.489 e. The third-order valence-electron chi connectivity index (χ3n) is 3.65. The number of nitrogens with zero attached hydrogens (tertiary/aromatic N) is 1. The van der Waals surface area contributed by atoms with Gasteiger partial charge in [0.2, 0.25) is 0 Å². The van der Waals surface area contributed by atoms with Crippen LogP contribution in [0.2, 0.25) is 0 Å². The first-order chi connectivity index (χ1) is 11.5. The molecule has 2 aromatic carbocycles. The molecular formula is C18H20FNO3S. The second-order valence-corrected chi connectivity index (χ2v) is 5.65. The highest BCUT2D eigenvalue weighted by Gasteiger charge is 2.16. The molecule has 0 atom stereocenters. The zero-order valence-corrected chi connectivity index (χ0v) is 14.7.